The molecule has 19 heavy (non-hydrogen) atoms. The number of carbonyl (C=O) groups is 2. The van der Waals surface area contributed by atoms with Crippen molar-refractivity contribution in [3.8, 4) is 0 Å². The Morgan fingerprint density at radius 1 is 1.26 bits per heavy atom. The van der Waals surface area contributed by atoms with E-state index in [1.54, 1.807) is 20.8 Å². The third-order valence-corrected chi connectivity index (χ3v) is 1.89. The van der Waals surface area contributed by atoms with Crippen molar-refractivity contribution in [2.45, 2.75) is 38.8 Å². The normalized spacial score (nSPS) is 12.8. The van der Waals surface area contributed by atoms with Gasteiger partial charge in [0.25, 0.3) is 0 Å². The van der Waals surface area contributed by atoms with Gasteiger partial charge < -0.3 is 24.6 Å². The Bertz CT molecular complexity index is 286. The number of hydrogen-bond donors (Lipinski definition) is 2. The molecule has 0 aromatic rings. The topological polar surface area (TPSA) is 94.1 Å². The van der Waals surface area contributed by atoms with E-state index in [0.717, 1.165) is 0 Å². The summed E-state index contributed by atoms with van der Waals surface area (Å²) in [5.74, 6) is -1.02. The number of carbonyl (C=O) groups excluding carboxylic acids is 1. The lowest BCUT2D eigenvalue weighted by molar-refractivity contribution is -0.137. The van der Waals surface area contributed by atoms with E-state index in [2.05, 4.69) is 5.32 Å². The summed E-state index contributed by atoms with van der Waals surface area (Å²) in [5.41, 5.74) is -0.630. The molecule has 1 atom stereocenters. The van der Waals surface area contributed by atoms with Gasteiger partial charge in [-0.25, -0.2) is 4.79 Å². The van der Waals surface area contributed by atoms with Gasteiger partial charge in [0.05, 0.1) is 32.3 Å². The minimum atomic E-state index is -1.02. The van der Waals surface area contributed by atoms with E-state index in [0.29, 0.717) is 13.2 Å². The first-order valence-corrected chi connectivity index (χ1v) is 6.02. The molecular weight excluding hydrogens is 254 g/mol. The average Bonchev–Trinajstić information content (AvgIpc) is 2.20. The van der Waals surface area contributed by atoms with Crippen molar-refractivity contribution >= 4 is 12.1 Å². The molecule has 0 heterocycles. The average molecular weight is 277 g/mol. The summed E-state index contributed by atoms with van der Waals surface area (Å²) in [6.45, 7) is 6.03. The predicted molar refractivity (Wildman–Crippen MR) is 68.1 cm³/mol. The number of nitrogens with one attached hydrogen (secondary N) is 1. The van der Waals surface area contributed by atoms with Gasteiger partial charge in [-0.15, -0.1) is 0 Å². The van der Waals surface area contributed by atoms with Crippen LogP contribution in [0.5, 0.6) is 0 Å². The van der Waals surface area contributed by atoms with E-state index in [1.807, 2.05) is 0 Å². The summed E-state index contributed by atoms with van der Waals surface area (Å²) in [7, 11) is 1.54. The highest BCUT2D eigenvalue weighted by atomic mass is 16.6. The minimum Gasteiger partial charge on any atom is -0.481 e. The van der Waals surface area contributed by atoms with Gasteiger partial charge in [0.15, 0.2) is 0 Å². The van der Waals surface area contributed by atoms with Crippen molar-refractivity contribution in [3.05, 3.63) is 0 Å². The number of carboxylic acids is 1. The zero-order valence-corrected chi connectivity index (χ0v) is 11.9. The summed E-state index contributed by atoms with van der Waals surface area (Å²) < 4.78 is 15.1. The molecule has 0 fully saturated rings. The summed E-state index contributed by atoms with van der Waals surface area (Å²) in [4.78, 5) is 22.2. The number of alkyl carbamates (subject to hydrolysis) is 1. The number of carboxylic acid groups (broad SMARTS) is 1. The van der Waals surface area contributed by atoms with Gasteiger partial charge in [0, 0.05) is 7.11 Å². The molecule has 7 heteroatoms. The Morgan fingerprint density at radius 3 is 2.37 bits per heavy atom. The Kier molecular flexibility index (Phi) is 8.09. The van der Waals surface area contributed by atoms with Gasteiger partial charge in [0.2, 0.25) is 0 Å². The van der Waals surface area contributed by atoms with E-state index < -0.39 is 23.7 Å². The van der Waals surface area contributed by atoms with Crippen molar-refractivity contribution in [2.75, 3.05) is 26.9 Å². The van der Waals surface area contributed by atoms with E-state index in [9.17, 15) is 9.59 Å². The minimum absolute atomic E-state index is 0.0922. The fourth-order valence-electron chi connectivity index (χ4n) is 1.20. The van der Waals surface area contributed by atoms with Gasteiger partial charge >= 0.3 is 12.1 Å². The standard InChI is InChI=1S/C12H23NO6/c1-12(2,3)19-11(16)13-9(7-10(14)15)8-18-6-5-17-4/h9H,5-8H2,1-4H3,(H,13,16)(H,14,15). The van der Waals surface area contributed by atoms with Gasteiger partial charge in [-0.3, -0.25) is 4.79 Å². The van der Waals surface area contributed by atoms with Crippen LogP contribution >= 0.6 is 0 Å². The van der Waals surface area contributed by atoms with Crippen LogP contribution in [0.25, 0.3) is 0 Å². The lowest BCUT2D eigenvalue weighted by atomic mass is 10.2. The van der Waals surface area contributed by atoms with Crippen LogP contribution in [0.3, 0.4) is 0 Å². The van der Waals surface area contributed by atoms with Crippen LogP contribution in [0, 0.1) is 0 Å². The number of hydrogen-bond acceptors (Lipinski definition) is 5. The first kappa shape index (κ1) is 17.7. The summed E-state index contributed by atoms with van der Waals surface area (Å²) in [6, 6.07) is -0.635. The van der Waals surface area contributed by atoms with Crippen molar-refractivity contribution in [1.29, 1.82) is 0 Å². The van der Waals surface area contributed by atoms with Crippen LogP contribution in [-0.2, 0) is 19.0 Å². The van der Waals surface area contributed by atoms with Crippen LogP contribution in [0.2, 0.25) is 0 Å². The first-order chi connectivity index (χ1) is 8.74. The zero-order valence-electron chi connectivity index (χ0n) is 11.9. The number of aliphatic carboxylic acids is 1. The molecule has 0 saturated heterocycles. The lowest BCUT2D eigenvalue weighted by Gasteiger charge is -2.23. The SMILES string of the molecule is COCCOCC(CC(=O)O)NC(=O)OC(C)(C)C. The monoisotopic (exact) mass is 277 g/mol. The molecule has 0 aliphatic carbocycles. The Morgan fingerprint density at radius 2 is 1.89 bits per heavy atom. The van der Waals surface area contributed by atoms with Crippen LogP contribution in [0.4, 0.5) is 4.79 Å². The fourth-order valence-corrected chi connectivity index (χ4v) is 1.20. The summed E-state index contributed by atoms with van der Waals surface area (Å²) in [5, 5.41) is 11.2. The molecular formula is C12H23NO6. The molecule has 112 valence electrons. The van der Waals surface area contributed by atoms with E-state index in [-0.39, 0.29) is 13.0 Å². The van der Waals surface area contributed by atoms with Gasteiger partial charge in [-0.1, -0.05) is 0 Å². The highest BCUT2D eigenvalue weighted by molar-refractivity contribution is 5.71. The van der Waals surface area contributed by atoms with E-state index in [1.165, 1.54) is 7.11 Å². The van der Waals surface area contributed by atoms with Crippen molar-refractivity contribution in [3.63, 3.8) is 0 Å². The number of amides is 1. The van der Waals surface area contributed by atoms with Gasteiger partial charge in [-0.05, 0) is 20.8 Å². The zero-order chi connectivity index (χ0) is 14.9. The highest BCUT2D eigenvalue weighted by Gasteiger charge is 2.21. The number of methoxy groups -OCH3 is 1. The third-order valence-electron chi connectivity index (χ3n) is 1.89. The molecule has 7 nitrogen and oxygen atoms in total. The van der Waals surface area contributed by atoms with Crippen molar-refractivity contribution in [1.82, 2.24) is 5.32 Å². The second-order valence-electron chi connectivity index (χ2n) is 5.01. The molecule has 0 aliphatic rings. The van der Waals surface area contributed by atoms with Crippen molar-refractivity contribution < 1.29 is 28.9 Å². The molecule has 0 aromatic heterocycles. The smallest absolute Gasteiger partial charge is 0.407 e. The largest absolute Gasteiger partial charge is 0.481 e. The van der Waals surface area contributed by atoms with Crippen LogP contribution < -0.4 is 5.32 Å². The highest BCUT2D eigenvalue weighted by Crippen LogP contribution is 2.07. The predicted octanol–water partition coefficient (Wildman–Crippen LogP) is 1.02. The first-order valence-electron chi connectivity index (χ1n) is 6.02. The molecule has 0 rings (SSSR count). The third kappa shape index (κ3) is 11.5. The number of ether oxygens (including phenoxy) is 3. The van der Waals surface area contributed by atoms with Crippen molar-refractivity contribution in [2.24, 2.45) is 0 Å². The molecule has 0 radical (unpaired) electrons. The molecule has 0 aromatic carbocycles. The maximum absolute atomic E-state index is 11.5. The molecule has 1 amide bonds. The molecule has 0 spiro atoms. The van der Waals surface area contributed by atoms with Gasteiger partial charge in [0.1, 0.15) is 5.60 Å². The quantitative estimate of drug-likeness (QED) is 0.643. The van der Waals surface area contributed by atoms with Crippen LogP contribution in [0.1, 0.15) is 27.2 Å². The summed E-state index contributed by atoms with van der Waals surface area (Å²) >= 11 is 0. The lowest BCUT2D eigenvalue weighted by Crippen LogP contribution is -2.42. The molecule has 0 saturated carbocycles. The van der Waals surface area contributed by atoms with Gasteiger partial charge in [-0.2, -0.15) is 0 Å². The second kappa shape index (κ2) is 8.71. The van der Waals surface area contributed by atoms with Crippen LogP contribution in [0.15, 0.2) is 0 Å². The van der Waals surface area contributed by atoms with E-state index >= 15 is 0 Å². The molecule has 0 bridgehead atoms. The Labute approximate surface area is 113 Å². The van der Waals surface area contributed by atoms with E-state index in [4.69, 9.17) is 19.3 Å². The second-order valence-corrected chi connectivity index (χ2v) is 5.01. The Hall–Kier alpha value is -1.34. The summed E-state index contributed by atoms with van der Waals surface area (Å²) in [6.07, 6.45) is -0.888. The molecule has 0 aliphatic heterocycles. The molecule has 2 N–H and O–H groups in total. The molecule has 1 unspecified atom stereocenters. The number of rotatable bonds is 8. The van der Waals surface area contributed by atoms with Crippen LogP contribution in [-0.4, -0.2) is 55.7 Å². The maximum atomic E-state index is 11.5. The Balaban J connectivity index is 4.18. The maximum Gasteiger partial charge on any atom is 0.407 e. The fraction of sp³-hybridized carbons (Fsp3) is 0.833.